The number of amides is 1. The third kappa shape index (κ3) is 6.60. The zero-order valence-electron chi connectivity index (χ0n) is 14.9. The zero-order chi connectivity index (χ0) is 19.2. The number of hydrogen-bond donors (Lipinski definition) is 1. The second kappa shape index (κ2) is 9.36. The maximum atomic E-state index is 12.3. The Morgan fingerprint density at radius 2 is 1.73 bits per heavy atom. The minimum Gasteiger partial charge on any atom is -0.352 e. The number of sulfonamides is 1. The van der Waals surface area contributed by atoms with Gasteiger partial charge in [0.15, 0.2) is 0 Å². The van der Waals surface area contributed by atoms with E-state index in [9.17, 15) is 13.2 Å². The van der Waals surface area contributed by atoms with Crippen LogP contribution in [0, 0.1) is 3.57 Å². The van der Waals surface area contributed by atoms with Gasteiger partial charge in [-0.2, -0.15) is 0 Å². The van der Waals surface area contributed by atoms with Crippen LogP contribution in [0.25, 0.3) is 0 Å². The highest BCUT2D eigenvalue weighted by Crippen LogP contribution is 2.19. The van der Waals surface area contributed by atoms with Crippen LogP contribution in [0.2, 0.25) is 0 Å². The van der Waals surface area contributed by atoms with Gasteiger partial charge in [0.25, 0.3) is 0 Å². The molecular formula is C19H23IN2O3S. The molecule has 140 valence electrons. The smallest absolute Gasteiger partial charge is 0.240 e. The van der Waals surface area contributed by atoms with Crippen LogP contribution >= 0.6 is 22.6 Å². The van der Waals surface area contributed by atoms with Crippen LogP contribution in [-0.2, 0) is 21.2 Å². The summed E-state index contributed by atoms with van der Waals surface area (Å²) in [6.07, 6.45) is 2.75. The number of nitrogens with zero attached hydrogens (tertiary/aromatic N) is 1. The molecule has 0 saturated carbocycles. The van der Waals surface area contributed by atoms with Crippen LogP contribution in [-0.4, -0.2) is 33.2 Å². The van der Waals surface area contributed by atoms with Crippen LogP contribution in [0.1, 0.15) is 18.9 Å². The number of halogens is 1. The van der Waals surface area contributed by atoms with Crippen LogP contribution < -0.4 is 9.62 Å². The van der Waals surface area contributed by atoms with E-state index in [-0.39, 0.29) is 18.5 Å². The molecule has 0 aromatic heterocycles. The SMILES string of the molecule is C[C@@H](CCc1ccccc1)NC(=O)CN(c1ccc(I)cc1)S(C)(=O)=O. The van der Waals surface area contributed by atoms with Gasteiger partial charge in [0.2, 0.25) is 15.9 Å². The van der Waals surface area contributed by atoms with Crippen LogP contribution in [0.4, 0.5) is 5.69 Å². The number of rotatable bonds is 8. The summed E-state index contributed by atoms with van der Waals surface area (Å²) in [5, 5.41) is 2.89. The Labute approximate surface area is 169 Å². The Kier molecular flexibility index (Phi) is 7.45. The van der Waals surface area contributed by atoms with Crippen molar-refractivity contribution in [3.8, 4) is 0 Å². The minimum atomic E-state index is -3.55. The third-order valence-corrected chi connectivity index (χ3v) is 5.78. The van der Waals surface area contributed by atoms with E-state index >= 15 is 0 Å². The lowest BCUT2D eigenvalue weighted by atomic mass is 10.1. The van der Waals surface area contributed by atoms with Crippen LogP contribution in [0.5, 0.6) is 0 Å². The van der Waals surface area contributed by atoms with E-state index in [4.69, 9.17) is 0 Å². The van der Waals surface area contributed by atoms with E-state index in [1.54, 1.807) is 12.1 Å². The molecular weight excluding hydrogens is 463 g/mol. The van der Waals surface area contributed by atoms with Gasteiger partial charge in [-0.05, 0) is 72.2 Å². The molecule has 0 spiro atoms. The number of benzene rings is 2. The molecule has 1 N–H and O–H groups in total. The Hall–Kier alpha value is -1.61. The first-order chi connectivity index (χ1) is 12.3. The molecule has 0 aliphatic heterocycles. The van der Waals surface area contributed by atoms with E-state index in [1.165, 1.54) is 5.56 Å². The lowest BCUT2D eigenvalue weighted by molar-refractivity contribution is -0.120. The summed E-state index contributed by atoms with van der Waals surface area (Å²) < 4.78 is 26.3. The summed E-state index contributed by atoms with van der Waals surface area (Å²) in [6, 6.07) is 17.0. The summed E-state index contributed by atoms with van der Waals surface area (Å²) in [5.41, 5.74) is 1.70. The first-order valence-corrected chi connectivity index (χ1v) is 11.2. The average Bonchev–Trinajstić information content (AvgIpc) is 2.59. The first-order valence-electron chi connectivity index (χ1n) is 8.32. The van der Waals surface area contributed by atoms with Crippen molar-refractivity contribution in [2.24, 2.45) is 0 Å². The second-order valence-electron chi connectivity index (χ2n) is 6.24. The zero-order valence-corrected chi connectivity index (χ0v) is 17.8. The molecule has 1 atom stereocenters. The number of aryl methyl sites for hydroxylation is 1. The molecule has 5 nitrogen and oxygen atoms in total. The molecule has 0 heterocycles. The van der Waals surface area contributed by atoms with Crippen molar-refractivity contribution in [3.63, 3.8) is 0 Å². The predicted octanol–water partition coefficient (Wildman–Crippen LogP) is 3.19. The predicted molar refractivity (Wildman–Crippen MR) is 114 cm³/mol. The molecule has 0 fully saturated rings. The molecule has 0 radical (unpaired) electrons. The maximum absolute atomic E-state index is 12.3. The highest BCUT2D eigenvalue weighted by atomic mass is 127. The van der Waals surface area contributed by atoms with Gasteiger partial charge in [-0.15, -0.1) is 0 Å². The summed E-state index contributed by atoms with van der Waals surface area (Å²) in [4.78, 5) is 12.3. The quantitative estimate of drug-likeness (QED) is 0.583. The molecule has 0 aliphatic rings. The largest absolute Gasteiger partial charge is 0.352 e. The highest BCUT2D eigenvalue weighted by Gasteiger charge is 2.21. The molecule has 0 aliphatic carbocycles. The lowest BCUT2D eigenvalue weighted by Gasteiger charge is -2.23. The molecule has 0 bridgehead atoms. The lowest BCUT2D eigenvalue weighted by Crippen LogP contribution is -2.43. The van der Waals surface area contributed by atoms with Crippen molar-refractivity contribution in [3.05, 3.63) is 63.7 Å². The van der Waals surface area contributed by atoms with Crippen LogP contribution in [0.3, 0.4) is 0 Å². The van der Waals surface area contributed by atoms with Gasteiger partial charge in [0.05, 0.1) is 11.9 Å². The van der Waals surface area contributed by atoms with E-state index in [1.807, 2.05) is 37.3 Å². The Morgan fingerprint density at radius 1 is 1.12 bits per heavy atom. The molecule has 26 heavy (non-hydrogen) atoms. The van der Waals surface area contributed by atoms with E-state index in [0.717, 1.165) is 27.0 Å². The third-order valence-electron chi connectivity index (χ3n) is 3.92. The average molecular weight is 486 g/mol. The standard InChI is InChI=1S/C19H23IN2O3S/c1-15(8-9-16-6-4-3-5-7-16)21-19(23)14-22(26(2,24)25)18-12-10-17(20)11-13-18/h3-7,10-13,15H,8-9,14H2,1-2H3,(H,21,23)/t15-/m0/s1. The number of nitrogens with one attached hydrogen (secondary N) is 1. The number of carbonyl (C=O) groups excluding carboxylic acids is 1. The Balaban J connectivity index is 1.95. The monoisotopic (exact) mass is 486 g/mol. The fraction of sp³-hybridized carbons (Fsp3) is 0.316. The number of anilines is 1. The van der Waals surface area contributed by atoms with E-state index < -0.39 is 10.0 Å². The minimum absolute atomic E-state index is 0.0409. The fourth-order valence-electron chi connectivity index (χ4n) is 2.56. The molecule has 0 saturated heterocycles. The van der Waals surface area contributed by atoms with Crippen molar-refractivity contribution in [2.45, 2.75) is 25.8 Å². The van der Waals surface area contributed by atoms with E-state index in [0.29, 0.717) is 5.69 Å². The van der Waals surface area contributed by atoms with Gasteiger partial charge in [0, 0.05) is 9.61 Å². The number of hydrogen-bond acceptors (Lipinski definition) is 3. The van der Waals surface area contributed by atoms with Gasteiger partial charge >= 0.3 is 0 Å². The fourth-order valence-corrected chi connectivity index (χ4v) is 3.77. The Bertz CT molecular complexity index is 824. The summed E-state index contributed by atoms with van der Waals surface area (Å²) in [6.45, 7) is 1.70. The molecule has 1 amide bonds. The van der Waals surface area contributed by atoms with Crippen molar-refractivity contribution >= 4 is 44.2 Å². The summed E-state index contributed by atoms with van der Waals surface area (Å²) >= 11 is 2.15. The highest BCUT2D eigenvalue weighted by molar-refractivity contribution is 14.1. The summed E-state index contributed by atoms with van der Waals surface area (Å²) in [7, 11) is -3.55. The van der Waals surface area contributed by atoms with Gasteiger partial charge in [-0.3, -0.25) is 9.10 Å². The molecule has 2 aromatic rings. The van der Waals surface area contributed by atoms with Gasteiger partial charge in [-0.25, -0.2) is 8.42 Å². The molecule has 0 unspecified atom stereocenters. The normalized spacial score (nSPS) is 12.4. The van der Waals surface area contributed by atoms with Crippen LogP contribution in [0.15, 0.2) is 54.6 Å². The van der Waals surface area contributed by atoms with Gasteiger partial charge in [-0.1, -0.05) is 30.3 Å². The van der Waals surface area contributed by atoms with Crippen molar-refractivity contribution < 1.29 is 13.2 Å². The first kappa shape index (κ1) is 20.7. The number of carbonyl (C=O) groups is 1. The van der Waals surface area contributed by atoms with Crippen molar-refractivity contribution in [1.82, 2.24) is 5.32 Å². The molecule has 2 aromatic carbocycles. The summed E-state index contributed by atoms with van der Waals surface area (Å²) in [5.74, 6) is -0.311. The maximum Gasteiger partial charge on any atom is 0.240 e. The second-order valence-corrected chi connectivity index (χ2v) is 9.39. The Morgan fingerprint density at radius 3 is 2.31 bits per heavy atom. The molecule has 7 heteroatoms. The molecule has 2 rings (SSSR count). The topological polar surface area (TPSA) is 66.5 Å². The van der Waals surface area contributed by atoms with E-state index in [2.05, 4.69) is 40.0 Å². The van der Waals surface area contributed by atoms with Gasteiger partial charge in [0.1, 0.15) is 6.54 Å². The van der Waals surface area contributed by atoms with Crippen molar-refractivity contribution in [1.29, 1.82) is 0 Å². The van der Waals surface area contributed by atoms with Gasteiger partial charge < -0.3 is 5.32 Å². The van der Waals surface area contributed by atoms with Crippen molar-refractivity contribution in [2.75, 3.05) is 17.1 Å².